The van der Waals surface area contributed by atoms with E-state index in [2.05, 4.69) is 13.8 Å². The number of aromatic nitrogens is 2. The Balaban J connectivity index is 1.82. The molecule has 2 aromatic rings. The fraction of sp³-hybridized carbons (Fsp3) is 0.625. The number of piperidine rings is 1. The van der Waals surface area contributed by atoms with Gasteiger partial charge < -0.3 is 14.4 Å². The molecule has 1 aliphatic heterocycles. The van der Waals surface area contributed by atoms with E-state index in [1.165, 1.54) is 18.2 Å². The van der Waals surface area contributed by atoms with Crippen LogP contribution in [0.3, 0.4) is 0 Å². The lowest BCUT2D eigenvalue weighted by Crippen LogP contribution is -2.48. The Kier molecular flexibility index (Phi) is 7.68. The Labute approximate surface area is 190 Å². The molecular formula is C24H36N4O2S. The van der Waals surface area contributed by atoms with E-state index in [1.54, 1.807) is 0 Å². The van der Waals surface area contributed by atoms with Gasteiger partial charge in [-0.15, -0.1) is 0 Å². The molecule has 170 valence electrons. The Morgan fingerprint density at radius 2 is 1.71 bits per heavy atom. The molecule has 1 aromatic carbocycles. The Bertz CT molecular complexity index is 905. The van der Waals surface area contributed by atoms with E-state index in [-0.39, 0.29) is 42.5 Å². The second kappa shape index (κ2) is 10.1. The number of carbonyl (C=O) groups excluding carboxylic acids is 2. The highest BCUT2D eigenvalue weighted by Gasteiger charge is 2.29. The monoisotopic (exact) mass is 444 g/mol. The predicted octanol–water partition coefficient (Wildman–Crippen LogP) is 4.56. The Hall–Kier alpha value is -2.02. The number of rotatable bonds is 7. The van der Waals surface area contributed by atoms with Crippen LogP contribution in [0.5, 0.6) is 0 Å². The normalized spacial score (nSPS) is 19.4. The van der Waals surface area contributed by atoms with Crippen molar-refractivity contribution in [3.05, 3.63) is 24.3 Å². The van der Waals surface area contributed by atoms with Crippen molar-refractivity contribution in [1.82, 2.24) is 19.4 Å². The number of fused-ring (bicyclic) bond motifs is 1. The van der Waals surface area contributed by atoms with Crippen molar-refractivity contribution in [3.8, 4) is 0 Å². The summed E-state index contributed by atoms with van der Waals surface area (Å²) in [7, 11) is 0. The maximum Gasteiger partial charge on any atom is 0.243 e. The molecule has 0 N–H and O–H groups in total. The van der Waals surface area contributed by atoms with Crippen molar-refractivity contribution in [3.63, 3.8) is 0 Å². The largest absolute Gasteiger partial charge is 0.337 e. The highest BCUT2D eigenvalue weighted by Crippen LogP contribution is 2.28. The maximum atomic E-state index is 13.2. The Morgan fingerprint density at radius 1 is 1.10 bits per heavy atom. The highest BCUT2D eigenvalue weighted by molar-refractivity contribution is 7.99. The zero-order chi connectivity index (χ0) is 22.7. The quantitative estimate of drug-likeness (QED) is 0.587. The standard InChI is InChI=1S/C24H36N4O2S/c1-16(2)27(17(3)4)22(29)14-26-21-13-8-7-12-20(21)25-24(26)31-15-23(30)28-18(5)10-9-11-19(28)6/h7-8,12-13,16-19H,9-11,14-15H2,1-6H3. The van der Waals surface area contributed by atoms with E-state index in [0.717, 1.165) is 29.0 Å². The van der Waals surface area contributed by atoms with Crippen molar-refractivity contribution in [2.24, 2.45) is 0 Å². The van der Waals surface area contributed by atoms with Crippen LogP contribution in [0.4, 0.5) is 0 Å². The van der Waals surface area contributed by atoms with Crippen LogP contribution in [0.1, 0.15) is 60.8 Å². The molecular weight excluding hydrogens is 408 g/mol. The molecule has 31 heavy (non-hydrogen) atoms. The molecule has 0 bridgehead atoms. The van der Waals surface area contributed by atoms with Crippen LogP contribution in [0.2, 0.25) is 0 Å². The number of hydrogen-bond donors (Lipinski definition) is 0. The number of benzene rings is 1. The topological polar surface area (TPSA) is 58.4 Å². The summed E-state index contributed by atoms with van der Waals surface area (Å²) in [5.41, 5.74) is 1.78. The van der Waals surface area contributed by atoms with Crippen molar-refractivity contribution in [2.45, 2.75) is 96.7 Å². The van der Waals surface area contributed by atoms with Gasteiger partial charge in [0.05, 0.1) is 16.8 Å². The highest BCUT2D eigenvalue weighted by atomic mass is 32.2. The van der Waals surface area contributed by atoms with Gasteiger partial charge in [-0.1, -0.05) is 23.9 Å². The van der Waals surface area contributed by atoms with Gasteiger partial charge >= 0.3 is 0 Å². The molecule has 0 saturated carbocycles. The summed E-state index contributed by atoms with van der Waals surface area (Å²) in [4.78, 5) is 34.9. The van der Waals surface area contributed by atoms with Gasteiger partial charge in [-0.3, -0.25) is 9.59 Å². The van der Waals surface area contributed by atoms with E-state index in [9.17, 15) is 9.59 Å². The Morgan fingerprint density at radius 3 is 2.32 bits per heavy atom. The minimum absolute atomic E-state index is 0.0691. The molecule has 2 unspecified atom stereocenters. The average Bonchev–Trinajstić information content (AvgIpc) is 3.03. The third-order valence-corrected chi connectivity index (χ3v) is 7.08. The van der Waals surface area contributed by atoms with Gasteiger partial charge in [0.2, 0.25) is 11.8 Å². The second-order valence-corrected chi connectivity index (χ2v) is 10.1. The number of amides is 2. The molecule has 2 amide bonds. The van der Waals surface area contributed by atoms with Crippen molar-refractivity contribution in [1.29, 1.82) is 0 Å². The lowest BCUT2D eigenvalue weighted by Gasteiger charge is -2.39. The molecule has 1 aromatic heterocycles. The predicted molar refractivity (Wildman–Crippen MR) is 127 cm³/mol. The second-order valence-electron chi connectivity index (χ2n) is 9.18. The summed E-state index contributed by atoms with van der Waals surface area (Å²) < 4.78 is 1.97. The number of carbonyl (C=O) groups is 2. The first-order valence-electron chi connectivity index (χ1n) is 11.4. The van der Waals surface area contributed by atoms with Crippen molar-refractivity contribution >= 4 is 34.6 Å². The summed E-state index contributed by atoms with van der Waals surface area (Å²) in [6, 6.07) is 8.68. The van der Waals surface area contributed by atoms with E-state index >= 15 is 0 Å². The third-order valence-electron chi connectivity index (χ3n) is 6.12. The molecule has 0 radical (unpaired) electrons. The van der Waals surface area contributed by atoms with Gasteiger partial charge in [0.1, 0.15) is 6.54 Å². The fourth-order valence-electron chi connectivity index (χ4n) is 4.82. The van der Waals surface area contributed by atoms with Gasteiger partial charge in [-0.2, -0.15) is 0 Å². The molecule has 3 rings (SSSR count). The number of nitrogens with zero attached hydrogens (tertiary/aromatic N) is 4. The van der Waals surface area contributed by atoms with Crippen molar-refractivity contribution < 1.29 is 9.59 Å². The summed E-state index contributed by atoms with van der Waals surface area (Å²) in [6.07, 6.45) is 3.31. The number of para-hydroxylation sites is 2. The smallest absolute Gasteiger partial charge is 0.243 e. The lowest BCUT2D eigenvalue weighted by atomic mass is 9.98. The van der Waals surface area contributed by atoms with Gasteiger partial charge in [0.15, 0.2) is 5.16 Å². The summed E-state index contributed by atoms with van der Waals surface area (Å²) in [5.74, 6) is 0.560. The van der Waals surface area contributed by atoms with E-state index in [0.29, 0.717) is 5.75 Å². The minimum atomic E-state index is 0.0691. The molecule has 2 atom stereocenters. The first-order valence-corrected chi connectivity index (χ1v) is 12.4. The summed E-state index contributed by atoms with van der Waals surface area (Å²) in [5, 5.41) is 0.729. The molecule has 1 saturated heterocycles. The minimum Gasteiger partial charge on any atom is -0.337 e. The van der Waals surface area contributed by atoms with Crippen LogP contribution in [0.25, 0.3) is 11.0 Å². The van der Waals surface area contributed by atoms with Crippen LogP contribution in [0, 0.1) is 0 Å². The van der Waals surface area contributed by atoms with Gasteiger partial charge in [0.25, 0.3) is 0 Å². The molecule has 0 aliphatic carbocycles. The SMILES string of the molecule is CC(C)N(C(=O)Cn1c(SCC(=O)N2C(C)CCCC2C)nc2ccccc21)C(C)C. The van der Waals surface area contributed by atoms with E-state index in [1.807, 2.05) is 66.3 Å². The number of imidazole rings is 1. The number of hydrogen-bond acceptors (Lipinski definition) is 4. The van der Waals surface area contributed by atoms with Gasteiger partial charge in [-0.25, -0.2) is 4.98 Å². The lowest BCUT2D eigenvalue weighted by molar-refractivity contribution is -0.135. The molecule has 2 heterocycles. The number of likely N-dealkylation sites (tertiary alicyclic amines) is 1. The van der Waals surface area contributed by atoms with Crippen LogP contribution in [-0.2, 0) is 16.1 Å². The molecule has 0 spiro atoms. The summed E-state index contributed by atoms with van der Waals surface area (Å²) in [6.45, 7) is 12.7. The maximum absolute atomic E-state index is 13.2. The first-order chi connectivity index (χ1) is 14.7. The van der Waals surface area contributed by atoms with E-state index in [4.69, 9.17) is 4.98 Å². The zero-order valence-electron chi connectivity index (χ0n) is 19.7. The van der Waals surface area contributed by atoms with Crippen molar-refractivity contribution in [2.75, 3.05) is 5.75 Å². The molecule has 7 heteroatoms. The van der Waals surface area contributed by atoms with Gasteiger partial charge in [0, 0.05) is 24.2 Å². The molecule has 6 nitrogen and oxygen atoms in total. The van der Waals surface area contributed by atoms with Crippen LogP contribution >= 0.6 is 11.8 Å². The number of thioether (sulfide) groups is 1. The molecule has 1 aliphatic rings. The van der Waals surface area contributed by atoms with Crippen LogP contribution in [0.15, 0.2) is 29.4 Å². The third kappa shape index (κ3) is 5.25. The van der Waals surface area contributed by atoms with Crippen LogP contribution in [-0.4, -0.2) is 61.1 Å². The fourth-order valence-corrected chi connectivity index (χ4v) is 5.70. The molecule has 1 fully saturated rings. The van der Waals surface area contributed by atoms with E-state index < -0.39 is 0 Å². The van der Waals surface area contributed by atoms with Crippen LogP contribution < -0.4 is 0 Å². The summed E-state index contributed by atoms with van der Waals surface area (Å²) >= 11 is 1.44. The van der Waals surface area contributed by atoms with Gasteiger partial charge in [-0.05, 0) is 72.9 Å². The first kappa shape index (κ1) is 23.6. The zero-order valence-corrected chi connectivity index (χ0v) is 20.5. The average molecular weight is 445 g/mol.